The van der Waals surface area contributed by atoms with E-state index in [2.05, 4.69) is 10.6 Å². The fourth-order valence-electron chi connectivity index (χ4n) is 2.99. The molecule has 2 saturated heterocycles. The van der Waals surface area contributed by atoms with Crippen LogP contribution in [0.3, 0.4) is 0 Å². The number of nitrogens with zero attached hydrogens (tertiary/aromatic N) is 1. The molecule has 3 heterocycles. The lowest BCUT2D eigenvalue weighted by Gasteiger charge is -2.37. The van der Waals surface area contributed by atoms with Gasteiger partial charge in [0.1, 0.15) is 5.54 Å². The summed E-state index contributed by atoms with van der Waals surface area (Å²) >= 11 is 1.61. The normalized spacial score (nSPS) is 20.6. The Bertz CT molecular complexity index is 629. The molecule has 0 aromatic carbocycles. The van der Waals surface area contributed by atoms with Crippen molar-refractivity contribution < 1.29 is 14.4 Å². The average Bonchev–Trinajstić information content (AvgIpc) is 2.90. The number of imide groups is 1. The van der Waals surface area contributed by atoms with E-state index < -0.39 is 11.6 Å². The van der Waals surface area contributed by atoms with Crippen molar-refractivity contribution in [2.75, 3.05) is 13.1 Å². The molecule has 0 radical (unpaired) electrons. The van der Waals surface area contributed by atoms with E-state index in [4.69, 9.17) is 0 Å². The van der Waals surface area contributed by atoms with Gasteiger partial charge < -0.3 is 10.2 Å². The first-order valence-corrected chi connectivity index (χ1v) is 7.73. The molecule has 2 N–H and O–H groups in total. The molecule has 1 spiro atoms. The van der Waals surface area contributed by atoms with Crippen molar-refractivity contribution >= 4 is 29.2 Å². The number of urea groups is 1. The Hall–Kier alpha value is -1.89. The number of piperidine rings is 1. The zero-order valence-electron chi connectivity index (χ0n) is 12.0. The molecule has 2 aliphatic heterocycles. The van der Waals surface area contributed by atoms with Crippen LogP contribution in [0.15, 0.2) is 6.07 Å². The molecule has 0 saturated carbocycles. The maximum Gasteiger partial charge on any atom is 0.322 e. The first-order chi connectivity index (χ1) is 9.91. The van der Waals surface area contributed by atoms with E-state index >= 15 is 0 Å². The lowest BCUT2D eigenvalue weighted by atomic mass is 9.87. The standard InChI is InChI=1S/C14H17N3O3S/c1-8-7-10(9(2)21-8)11(18)17-5-3-14(4-6-17)12(19)15-13(20)16-14/h7H,3-6H2,1-2H3,(H2,15,16,19,20). The summed E-state index contributed by atoms with van der Waals surface area (Å²) < 4.78 is 0. The van der Waals surface area contributed by atoms with Crippen molar-refractivity contribution in [3.05, 3.63) is 21.4 Å². The third-order valence-corrected chi connectivity index (χ3v) is 5.16. The van der Waals surface area contributed by atoms with Crippen molar-refractivity contribution in [1.29, 1.82) is 0 Å². The van der Waals surface area contributed by atoms with Crippen molar-refractivity contribution in [2.45, 2.75) is 32.2 Å². The Labute approximate surface area is 126 Å². The fourth-order valence-corrected chi connectivity index (χ4v) is 3.90. The van der Waals surface area contributed by atoms with Gasteiger partial charge in [0, 0.05) is 22.8 Å². The first kappa shape index (κ1) is 14.1. The molecule has 1 aromatic rings. The maximum atomic E-state index is 12.5. The number of aryl methyl sites for hydroxylation is 2. The molecular formula is C14H17N3O3S. The molecule has 1 aromatic heterocycles. The van der Waals surface area contributed by atoms with E-state index in [1.54, 1.807) is 16.2 Å². The third-order valence-electron chi connectivity index (χ3n) is 4.19. The number of hydrogen-bond donors (Lipinski definition) is 2. The molecule has 7 heteroatoms. The van der Waals surface area contributed by atoms with E-state index in [9.17, 15) is 14.4 Å². The molecule has 0 bridgehead atoms. The fraction of sp³-hybridized carbons (Fsp3) is 0.500. The number of rotatable bonds is 1. The highest BCUT2D eigenvalue weighted by atomic mass is 32.1. The summed E-state index contributed by atoms with van der Waals surface area (Å²) in [5.41, 5.74) is -0.0821. The van der Waals surface area contributed by atoms with E-state index in [1.165, 1.54) is 0 Å². The summed E-state index contributed by atoms with van der Waals surface area (Å²) in [5.74, 6) is -0.265. The summed E-state index contributed by atoms with van der Waals surface area (Å²) in [6, 6.07) is 1.47. The Morgan fingerprint density at radius 1 is 1.29 bits per heavy atom. The number of likely N-dealkylation sites (tertiary alicyclic amines) is 1. The van der Waals surface area contributed by atoms with E-state index in [-0.39, 0.29) is 11.8 Å². The summed E-state index contributed by atoms with van der Waals surface area (Å²) in [6.45, 7) is 4.88. The Balaban J connectivity index is 1.71. The minimum absolute atomic E-state index is 0.0106. The van der Waals surface area contributed by atoms with Gasteiger partial charge in [-0.25, -0.2) is 4.79 Å². The van der Waals surface area contributed by atoms with Crippen LogP contribution in [0.2, 0.25) is 0 Å². The lowest BCUT2D eigenvalue weighted by molar-refractivity contribution is -0.125. The van der Waals surface area contributed by atoms with Crippen LogP contribution in [-0.4, -0.2) is 41.4 Å². The van der Waals surface area contributed by atoms with E-state index in [0.717, 1.165) is 15.3 Å². The number of thiophene rings is 1. The summed E-state index contributed by atoms with van der Waals surface area (Å²) in [5, 5.41) is 4.97. The van der Waals surface area contributed by atoms with Crippen molar-refractivity contribution in [3.8, 4) is 0 Å². The highest BCUT2D eigenvalue weighted by Gasteiger charge is 2.48. The minimum Gasteiger partial charge on any atom is -0.338 e. The van der Waals surface area contributed by atoms with Crippen LogP contribution in [-0.2, 0) is 4.79 Å². The quantitative estimate of drug-likeness (QED) is 0.765. The van der Waals surface area contributed by atoms with Crippen molar-refractivity contribution in [2.24, 2.45) is 0 Å². The number of carbonyl (C=O) groups excluding carboxylic acids is 3. The molecule has 0 aliphatic carbocycles. The topological polar surface area (TPSA) is 78.5 Å². The summed E-state index contributed by atoms with van der Waals surface area (Å²) in [7, 11) is 0. The van der Waals surface area contributed by atoms with Gasteiger partial charge in [-0.05, 0) is 32.8 Å². The molecular weight excluding hydrogens is 290 g/mol. The van der Waals surface area contributed by atoms with Crippen LogP contribution in [0.1, 0.15) is 33.0 Å². The predicted octanol–water partition coefficient (Wildman–Crippen LogP) is 1.18. The van der Waals surface area contributed by atoms with Gasteiger partial charge in [0.25, 0.3) is 11.8 Å². The Morgan fingerprint density at radius 3 is 2.43 bits per heavy atom. The summed E-state index contributed by atoms with van der Waals surface area (Å²) in [6.07, 6.45) is 0.914. The molecule has 0 unspecified atom stereocenters. The van der Waals surface area contributed by atoms with Crippen LogP contribution in [0.5, 0.6) is 0 Å². The Morgan fingerprint density at radius 2 is 1.95 bits per heavy atom. The number of hydrogen-bond acceptors (Lipinski definition) is 4. The maximum absolute atomic E-state index is 12.5. The van der Waals surface area contributed by atoms with Gasteiger partial charge in [-0.3, -0.25) is 14.9 Å². The minimum atomic E-state index is -0.826. The molecule has 2 fully saturated rings. The van der Waals surface area contributed by atoms with Crippen LogP contribution >= 0.6 is 11.3 Å². The van der Waals surface area contributed by atoms with E-state index in [0.29, 0.717) is 25.9 Å². The third kappa shape index (κ3) is 2.31. The zero-order chi connectivity index (χ0) is 15.2. The van der Waals surface area contributed by atoms with Crippen LogP contribution in [0.4, 0.5) is 4.79 Å². The van der Waals surface area contributed by atoms with E-state index in [1.807, 2.05) is 19.9 Å². The number of nitrogens with one attached hydrogen (secondary N) is 2. The second-order valence-electron chi connectivity index (χ2n) is 5.61. The second-order valence-corrected chi connectivity index (χ2v) is 7.07. The first-order valence-electron chi connectivity index (χ1n) is 6.91. The van der Waals surface area contributed by atoms with Crippen LogP contribution < -0.4 is 10.6 Å². The molecule has 6 nitrogen and oxygen atoms in total. The molecule has 0 atom stereocenters. The highest BCUT2D eigenvalue weighted by molar-refractivity contribution is 7.12. The zero-order valence-corrected chi connectivity index (χ0v) is 12.8. The van der Waals surface area contributed by atoms with Gasteiger partial charge in [-0.1, -0.05) is 0 Å². The monoisotopic (exact) mass is 307 g/mol. The van der Waals surface area contributed by atoms with Gasteiger partial charge >= 0.3 is 6.03 Å². The molecule has 3 rings (SSSR count). The predicted molar refractivity (Wildman–Crippen MR) is 78.3 cm³/mol. The number of carbonyl (C=O) groups is 3. The molecule has 112 valence electrons. The molecule has 21 heavy (non-hydrogen) atoms. The SMILES string of the molecule is Cc1cc(C(=O)N2CCC3(CC2)NC(=O)NC3=O)c(C)s1. The summed E-state index contributed by atoms with van der Waals surface area (Å²) in [4.78, 5) is 39.6. The average molecular weight is 307 g/mol. The van der Waals surface area contributed by atoms with Gasteiger partial charge in [0.15, 0.2) is 0 Å². The van der Waals surface area contributed by atoms with Gasteiger partial charge in [-0.15, -0.1) is 11.3 Å². The van der Waals surface area contributed by atoms with Gasteiger partial charge in [0.05, 0.1) is 5.56 Å². The molecule has 2 aliphatic rings. The smallest absolute Gasteiger partial charge is 0.322 e. The van der Waals surface area contributed by atoms with Gasteiger partial charge in [-0.2, -0.15) is 0 Å². The number of amides is 4. The van der Waals surface area contributed by atoms with Crippen LogP contribution in [0.25, 0.3) is 0 Å². The van der Waals surface area contributed by atoms with Crippen molar-refractivity contribution in [3.63, 3.8) is 0 Å². The highest BCUT2D eigenvalue weighted by Crippen LogP contribution is 2.28. The van der Waals surface area contributed by atoms with Gasteiger partial charge in [0.2, 0.25) is 0 Å². The lowest BCUT2D eigenvalue weighted by Crippen LogP contribution is -2.55. The largest absolute Gasteiger partial charge is 0.338 e. The van der Waals surface area contributed by atoms with Crippen molar-refractivity contribution in [1.82, 2.24) is 15.5 Å². The second kappa shape index (κ2) is 4.84. The molecule has 4 amide bonds. The Kier molecular flexibility index (Phi) is 3.24. The van der Waals surface area contributed by atoms with Crippen LogP contribution in [0, 0.1) is 13.8 Å².